The minimum Gasteiger partial charge on any atom is -0.457 e. The molecule has 0 saturated heterocycles. The molecular weight excluding hydrogens is 258 g/mol. The molecule has 0 bridgehead atoms. The first-order chi connectivity index (χ1) is 9.56. The summed E-state index contributed by atoms with van der Waals surface area (Å²) in [5, 5.41) is 10.5. The number of rotatable bonds is 4. The van der Waals surface area contributed by atoms with Crippen LogP contribution in [0.15, 0.2) is 48.5 Å². The third-order valence-corrected chi connectivity index (χ3v) is 2.77. The first-order valence-electron chi connectivity index (χ1n) is 6.03. The molecule has 0 aliphatic rings. The quantitative estimate of drug-likeness (QED) is 0.486. The van der Waals surface area contributed by atoms with Gasteiger partial charge in [0.2, 0.25) is 0 Å². The minimum atomic E-state index is -0.470. The highest BCUT2D eigenvalue weighted by Gasteiger charge is 2.08. The predicted octanol–water partition coefficient (Wildman–Crippen LogP) is 3.26. The third kappa shape index (κ3) is 3.41. The van der Waals surface area contributed by atoms with E-state index in [-0.39, 0.29) is 12.3 Å². The van der Waals surface area contributed by atoms with Crippen molar-refractivity contribution in [3.05, 3.63) is 75.3 Å². The molecule has 0 aliphatic carbocycles. The van der Waals surface area contributed by atoms with Crippen molar-refractivity contribution in [2.24, 2.45) is 0 Å². The van der Waals surface area contributed by atoms with Crippen molar-refractivity contribution in [2.75, 3.05) is 0 Å². The Morgan fingerprint density at radius 3 is 2.50 bits per heavy atom. The van der Waals surface area contributed by atoms with E-state index in [0.717, 1.165) is 5.56 Å². The topological polar surface area (TPSA) is 69.4 Å². The maximum absolute atomic E-state index is 11.8. The van der Waals surface area contributed by atoms with E-state index in [2.05, 4.69) is 0 Å². The second kappa shape index (κ2) is 5.97. The zero-order chi connectivity index (χ0) is 14.5. The molecule has 102 valence electrons. The van der Waals surface area contributed by atoms with E-state index in [1.165, 1.54) is 12.1 Å². The molecule has 5 heteroatoms. The minimum absolute atomic E-state index is 0.0127. The smallest absolute Gasteiger partial charge is 0.338 e. The van der Waals surface area contributed by atoms with Crippen LogP contribution in [0.3, 0.4) is 0 Å². The van der Waals surface area contributed by atoms with E-state index in [0.29, 0.717) is 11.1 Å². The molecule has 0 amide bonds. The molecule has 0 atom stereocenters. The van der Waals surface area contributed by atoms with Crippen LogP contribution in [0.1, 0.15) is 21.5 Å². The fourth-order valence-electron chi connectivity index (χ4n) is 1.72. The van der Waals surface area contributed by atoms with Gasteiger partial charge in [-0.15, -0.1) is 0 Å². The van der Waals surface area contributed by atoms with E-state index in [1.807, 2.05) is 13.0 Å². The van der Waals surface area contributed by atoms with E-state index in [9.17, 15) is 14.9 Å². The normalized spacial score (nSPS) is 10.1. The van der Waals surface area contributed by atoms with Crippen molar-refractivity contribution < 1.29 is 14.5 Å². The van der Waals surface area contributed by atoms with Gasteiger partial charge in [0.05, 0.1) is 10.5 Å². The zero-order valence-electron chi connectivity index (χ0n) is 10.9. The standard InChI is InChI=1S/C15H13NO4/c1-11-3-2-4-13(9-11)15(17)20-10-12-5-7-14(8-6-12)16(18)19/h2-9H,10H2,1H3. The maximum atomic E-state index is 11.8. The molecule has 0 radical (unpaired) electrons. The number of ether oxygens (including phenoxy) is 1. The molecule has 0 N–H and O–H groups in total. The van der Waals surface area contributed by atoms with Crippen LogP contribution < -0.4 is 0 Å². The molecule has 2 rings (SSSR count). The third-order valence-electron chi connectivity index (χ3n) is 2.77. The van der Waals surface area contributed by atoms with Gasteiger partial charge in [-0.1, -0.05) is 17.7 Å². The fraction of sp³-hybridized carbons (Fsp3) is 0.133. The Morgan fingerprint density at radius 2 is 1.90 bits per heavy atom. The highest BCUT2D eigenvalue weighted by atomic mass is 16.6. The number of carbonyl (C=O) groups excluding carboxylic acids is 1. The van der Waals surface area contributed by atoms with E-state index >= 15 is 0 Å². The summed E-state index contributed by atoms with van der Waals surface area (Å²) in [6, 6.07) is 13.0. The SMILES string of the molecule is Cc1cccc(C(=O)OCc2ccc([N+](=O)[O-])cc2)c1. The van der Waals surface area contributed by atoms with Crippen LogP contribution in [0, 0.1) is 17.0 Å². The second-order valence-electron chi connectivity index (χ2n) is 4.37. The molecule has 0 unspecified atom stereocenters. The summed E-state index contributed by atoms with van der Waals surface area (Å²) >= 11 is 0. The summed E-state index contributed by atoms with van der Waals surface area (Å²) in [6.07, 6.45) is 0. The Bertz CT molecular complexity index is 635. The molecule has 0 spiro atoms. The first-order valence-corrected chi connectivity index (χ1v) is 6.03. The molecule has 0 fully saturated rings. The van der Waals surface area contributed by atoms with Crippen LogP contribution in [0.4, 0.5) is 5.69 Å². The number of non-ortho nitro benzene ring substituents is 1. The maximum Gasteiger partial charge on any atom is 0.338 e. The summed E-state index contributed by atoms with van der Waals surface area (Å²) in [6.45, 7) is 1.98. The highest BCUT2D eigenvalue weighted by molar-refractivity contribution is 5.89. The summed E-state index contributed by atoms with van der Waals surface area (Å²) in [5.74, 6) is -0.410. The largest absolute Gasteiger partial charge is 0.457 e. The zero-order valence-corrected chi connectivity index (χ0v) is 10.9. The second-order valence-corrected chi connectivity index (χ2v) is 4.37. The number of benzene rings is 2. The highest BCUT2D eigenvalue weighted by Crippen LogP contribution is 2.13. The Labute approximate surface area is 116 Å². The van der Waals surface area contributed by atoms with E-state index < -0.39 is 10.9 Å². The van der Waals surface area contributed by atoms with Crippen molar-refractivity contribution >= 4 is 11.7 Å². The van der Waals surface area contributed by atoms with Gasteiger partial charge in [0.15, 0.2) is 0 Å². The predicted molar refractivity (Wildman–Crippen MR) is 73.4 cm³/mol. The summed E-state index contributed by atoms with van der Waals surface area (Å²) < 4.78 is 5.16. The van der Waals surface area contributed by atoms with Gasteiger partial charge in [-0.2, -0.15) is 0 Å². The average Bonchev–Trinajstić information content (AvgIpc) is 2.45. The van der Waals surface area contributed by atoms with Crippen LogP contribution in [0.2, 0.25) is 0 Å². The Kier molecular flexibility index (Phi) is 4.10. The van der Waals surface area contributed by atoms with Gasteiger partial charge >= 0.3 is 5.97 Å². The lowest BCUT2D eigenvalue weighted by molar-refractivity contribution is -0.384. The number of aryl methyl sites for hydroxylation is 1. The molecule has 0 aliphatic heterocycles. The number of hydrogen-bond acceptors (Lipinski definition) is 4. The summed E-state index contributed by atoms with van der Waals surface area (Å²) in [7, 11) is 0. The number of nitro benzene ring substituents is 1. The van der Waals surface area contributed by atoms with Gasteiger partial charge in [0, 0.05) is 12.1 Å². The lowest BCUT2D eigenvalue weighted by Crippen LogP contribution is -2.05. The van der Waals surface area contributed by atoms with Gasteiger partial charge in [-0.25, -0.2) is 4.79 Å². The number of nitrogens with zero attached hydrogens (tertiary/aromatic N) is 1. The molecule has 0 saturated carbocycles. The van der Waals surface area contributed by atoms with Crippen LogP contribution in [0.5, 0.6) is 0 Å². The first kappa shape index (κ1) is 13.7. The molecular formula is C15H13NO4. The number of carbonyl (C=O) groups is 1. The van der Waals surface area contributed by atoms with Crippen LogP contribution in [-0.2, 0) is 11.3 Å². The number of nitro groups is 1. The van der Waals surface area contributed by atoms with Crippen LogP contribution in [0.25, 0.3) is 0 Å². The van der Waals surface area contributed by atoms with E-state index in [4.69, 9.17) is 4.74 Å². The van der Waals surface area contributed by atoms with Crippen molar-refractivity contribution in [1.82, 2.24) is 0 Å². The molecule has 0 aromatic heterocycles. The lowest BCUT2D eigenvalue weighted by Gasteiger charge is -2.05. The van der Waals surface area contributed by atoms with Gasteiger partial charge in [0.1, 0.15) is 6.61 Å². The molecule has 20 heavy (non-hydrogen) atoms. The van der Waals surface area contributed by atoms with Crippen molar-refractivity contribution in [1.29, 1.82) is 0 Å². The van der Waals surface area contributed by atoms with Gasteiger partial charge in [-0.05, 0) is 36.8 Å². The Balaban J connectivity index is 1.98. The molecule has 5 nitrogen and oxygen atoms in total. The van der Waals surface area contributed by atoms with Gasteiger partial charge < -0.3 is 4.74 Å². The van der Waals surface area contributed by atoms with Crippen LogP contribution in [-0.4, -0.2) is 10.9 Å². The molecule has 2 aromatic rings. The van der Waals surface area contributed by atoms with Gasteiger partial charge in [0.25, 0.3) is 5.69 Å². The molecule has 0 heterocycles. The lowest BCUT2D eigenvalue weighted by atomic mass is 10.1. The Hall–Kier alpha value is -2.69. The van der Waals surface area contributed by atoms with E-state index in [1.54, 1.807) is 30.3 Å². The summed E-state index contributed by atoms with van der Waals surface area (Å²) in [4.78, 5) is 21.9. The molecule has 2 aromatic carbocycles. The van der Waals surface area contributed by atoms with Crippen LogP contribution >= 0.6 is 0 Å². The monoisotopic (exact) mass is 271 g/mol. The van der Waals surface area contributed by atoms with Crippen molar-refractivity contribution in [3.8, 4) is 0 Å². The van der Waals surface area contributed by atoms with Crippen molar-refractivity contribution in [3.63, 3.8) is 0 Å². The van der Waals surface area contributed by atoms with Gasteiger partial charge in [-0.3, -0.25) is 10.1 Å². The number of hydrogen-bond donors (Lipinski definition) is 0. The number of esters is 1. The Morgan fingerprint density at radius 1 is 1.20 bits per heavy atom. The van der Waals surface area contributed by atoms with Crippen molar-refractivity contribution in [2.45, 2.75) is 13.5 Å². The fourth-order valence-corrected chi connectivity index (χ4v) is 1.72. The average molecular weight is 271 g/mol. The summed E-state index contributed by atoms with van der Waals surface area (Å²) in [5.41, 5.74) is 2.19.